The van der Waals surface area contributed by atoms with Crippen molar-refractivity contribution >= 4 is 28.8 Å². The van der Waals surface area contributed by atoms with Crippen molar-refractivity contribution < 1.29 is 23.8 Å². The lowest BCUT2D eigenvalue weighted by atomic mass is 9.99. The molecule has 1 atom stereocenters. The van der Waals surface area contributed by atoms with E-state index in [1.165, 1.54) is 22.5 Å². The molecule has 1 saturated heterocycles. The number of rotatable bonds is 7. The lowest BCUT2D eigenvalue weighted by Gasteiger charge is -2.22. The van der Waals surface area contributed by atoms with Gasteiger partial charge in [0, 0.05) is 10.4 Å². The lowest BCUT2D eigenvalue weighted by molar-refractivity contribution is -0.140. The summed E-state index contributed by atoms with van der Waals surface area (Å²) in [4.78, 5) is 28.1. The minimum absolute atomic E-state index is 0.0220. The Balaban J connectivity index is 1.74. The summed E-state index contributed by atoms with van der Waals surface area (Å²) in [6, 6.07) is 13.2. The van der Waals surface area contributed by atoms with Crippen molar-refractivity contribution in [3.63, 3.8) is 0 Å². The second-order valence-electron chi connectivity index (χ2n) is 6.89. The van der Waals surface area contributed by atoms with E-state index in [0.29, 0.717) is 23.7 Å². The Morgan fingerprint density at radius 3 is 2.60 bits per heavy atom. The number of nitrogens with zero attached hydrogens (tertiary/aromatic N) is 1. The molecule has 0 bridgehead atoms. The first-order valence-electron chi connectivity index (χ1n) is 9.67. The second-order valence-corrected chi connectivity index (χ2v) is 7.93. The third kappa shape index (κ3) is 3.76. The average Bonchev–Trinajstić information content (AvgIpc) is 3.51. The zero-order chi connectivity index (χ0) is 21.1. The molecule has 1 fully saturated rings. The van der Waals surface area contributed by atoms with Gasteiger partial charge < -0.3 is 19.2 Å². The monoisotopic (exact) mass is 423 g/mol. The fourth-order valence-electron chi connectivity index (χ4n) is 3.44. The van der Waals surface area contributed by atoms with E-state index in [2.05, 4.69) is 0 Å². The number of aliphatic hydroxyl groups is 1. The fourth-order valence-corrected chi connectivity index (χ4v) is 4.14. The number of ketones is 1. The smallest absolute Gasteiger partial charge is 0.296 e. The Kier molecular flexibility index (Phi) is 5.72. The summed E-state index contributed by atoms with van der Waals surface area (Å²) in [7, 11) is 0. The van der Waals surface area contributed by atoms with E-state index < -0.39 is 17.7 Å². The van der Waals surface area contributed by atoms with E-state index in [1.54, 1.807) is 36.4 Å². The molecule has 1 aliphatic heterocycles. The van der Waals surface area contributed by atoms with Gasteiger partial charge in [0.25, 0.3) is 11.7 Å². The lowest BCUT2D eigenvalue weighted by Crippen LogP contribution is -2.28. The number of benzene rings is 1. The SMILES string of the molecule is CCCOc1ccc(/C(O)=C2/C(=O)C(=O)N(Cc3cccs3)C2c2ccco2)cc1. The highest BCUT2D eigenvalue weighted by Crippen LogP contribution is 2.40. The van der Waals surface area contributed by atoms with Crippen molar-refractivity contribution in [1.82, 2.24) is 4.90 Å². The summed E-state index contributed by atoms with van der Waals surface area (Å²) in [6.45, 7) is 2.87. The van der Waals surface area contributed by atoms with E-state index in [0.717, 1.165) is 11.3 Å². The molecule has 1 unspecified atom stereocenters. The van der Waals surface area contributed by atoms with Crippen molar-refractivity contribution in [1.29, 1.82) is 0 Å². The van der Waals surface area contributed by atoms with Gasteiger partial charge in [0.1, 0.15) is 23.3 Å². The molecule has 0 spiro atoms. The van der Waals surface area contributed by atoms with Crippen LogP contribution in [0.3, 0.4) is 0 Å². The number of carbonyl (C=O) groups is 2. The Morgan fingerprint density at radius 1 is 1.17 bits per heavy atom. The average molecular weight is 423 g/mol. The molecule has 1 amide bonds. The number of hydrogen-bond acceptors (Lipinski definition) is 6. The first-order chi connectivity index (χ1) is 14.6. The number of hydrogen-bond donors (Lipinski definition) is 1. The first-order valence-corrected chi connectivity index (χ1v) is 10.6. The zero-order valence-corrected chi connectivity index (χ0v) is 17.2. The number of amides is 1. The number of Topliss-reactive ketones (excluding diaryl/α,β-unsaturated/α-hetero) is 1. The van der Waals surface area contributed by atoms with Crippen molar-refractivity contribution in [3.05, 3.63) is 81.9 Å². The molecule has 4 rings (SSSR count). The largest absolute Gasteiger partial charge is 0.507 e. The number of likely N-dealkylation sites (tertiary alicyclic amines) is 1. The number of aliphatic hydroxyl groups excluding tert-OH is 1. The highest BCUT2D eigenvalue weighted by molar-refractivity contribution is 7.09. The second kappa shape index (κ2) is 8.59. The maximum atomic E-state index is 12.9. The molecule has 0 saturated carbocycles. The molecule has 6 nitrogen and oxygen atoms in total. The van der Waals surface area contributed by atoms with Crippen LogP contribution >= 0.6 is 11.3 Å². The first kappa shape index (κ1) is 20.0. The fraction of sp³-hybridized carbons (Fsp3) is 0.217. The number of carbonyl (C=O) groups excluding carboxylic acids is 2. The Labute approximate surface area is 178 Å². The molecule has 1 N–H and O–H groups in total. The molecule has 2 aromatic heterocycles. The van der Waals surface area contributed by atoms with Gasteiger partial charge in [-0.2, -0.15) is 0 Å². The van der Waals surface area contributed by atoms with E-state index in [4.69, 9.17) is 9.15 Å². The normalized spacial score (nSPS) is 18.2. The molecule has 0 radical (unpaired) electrons. The molecule has 3 aromatic rings. The minimum atomic E-state index is -0.793. The Hall–Kier alpha value is -3.32. The third-order valence-corrected chi connectivity index (χ3v) is 5.72. The highest BCUT2D eigenvalue weighted by atomic mass is 32.1. The van der Waals surface area contributed by atoms with Gasteiger partial charge >= 0.3 is 0 Å². The summed E-state index contributed by atoms with van der Waals surface area (Å²) in [5.74, 6) is -0.513. The molecule has 154 valence electrons. The van der Waals surface area contributed by atoms with E-state index in [-0.39, 0.29) is 17.9 Å². The van der Waals surface area contributed by atoms with Crippen LogP contribution in [0.1, 0.15) is 35.6 Å². The van der Waals surface area contributed by atoms with Crippen LogP contribution in [0.2, 0.25) is 0 Å². The van der Waals surface area contributed by atoms with Gasteiger partial charge in [-0.1, -0.05) is 13.0 Å². The quantitative estimate of drug-likeness (QED) is 0.337. The van der Waals surface area contributed by atoms with Crippen molar-refractivity contribution in [2.45, 2.75) is 25.9 Å². The van der Waals surface area contributed by atoms with Gasteiger partial charge in [-0.05, 0) is 54.3 Å². The summed E-state index contributed by atoms with van der Waals surface area (Å²) in [6.07, 6.45) is 2.37. The van der Waals surface area contributed by atoms with Crippen LogP contribution in [0.4, 0.5) is 0 Å². The van der Waals surface area contributed by atoms with Gasteiger partial charge in [-0.25, -0.2) is 0 Å². The highest BCUT2D eigenvalue weighted by Gasteiger charge is 2.47. The van der Waals surface area contributed by atoms with Crippen LogP contribution in [-0.2, 0) is 16.1 Å². The van der Waals surface area contributed by atoms with Crippen LogP contribution in [0.25, 0.3) is 5.76 Å². The maximum Gasteiger partial charge on any atom is 0.296 e. The molecular formula is C23H21NO5S. The molecule has 1 aromatic carbocycles. The van der Waals surface area contributed by atoms with Crippen LogP contribution in [0.5, 0.6) is 5.75 Å². The third-order valence-electron chi connectivity index (χ3n) is 4.86. The molecule has 0 aliphatic carbocycles. The predicted octanol–water partition coefficient (Wildman–Crippen LogP) is 4.75. The Morgan fingerprint density at radius 2 is 1.97 bits per heavy atom. The molecule has 1 aliphatic rings. The van der Waals surface area contributed by atoms with Crippen LogP contribution < -0.4 is 4.74 Å². The molecule has 3 heterocycles. The summed E-state index contributed by atoms with van der Waals surface area (Å²) in [5.41, 5.74) is 0.457. The minimum Gasteiger partial charge on any atom is -0.507 e. The van der Waals surface area contributed by atoms with Gasteiger partial charge in [-0.3, -0.25) is 9.59 Å². The predicted molar refractivity (Wildman–Crippen MR) is 113 cm³/mol. The molecule has 30 heavy (non-hydrogen) atoms. The van der Waals surface area contributed by atoms with Gasteiger partial charge in [0.15, 0.2) is 0 Å². The van der Waals surface area contributed by atoms with E-state index in [1.807, 2.05) is 24.4 Å². The van der Waals surface area contributed by atoms with Gasteiger partial charge in [0.05, 0.1) is 25.0 Å². The standard InChI is InChI=1S/C23H21NO5S/c1-2-11-28-16-9-7-15(8-10-16)21(25)19-20(18-6-3-12-29-18)24(23(27)22(19)26)14-17-5-4-13-30-17/h3-10,12-13,20,25H,2,11,14H2,1H3/b21-19-. The van der Waals surface area contributed by atoms with Crippen molar-refractivity contribution in [3.8, 4) is 5.75 Å². The summed E-state index contributed by atoms with van der Waals surface area (Å²) < 4.78 is 11.1. The maximum absolute atomic E-state index is 12.9. The molecule has 7 heteroatoms. The topological polar surface area (TPSA) is 80.0 Å². The van der Waals surface area contributed by atoms with Crippen molar-refractivity contribution in [2.24, 2.45) is 0 Å². The van der Waals surface area contributed by atoms with Gasteiger partial charge in [-0.15, -0.1) is 11.3 Å². The van der Waals surface area contributed by atoms with E-state index in [9.17, 15) is 14.7 Å². The number of thiophene rings is 1. The molecular weight excluding hydrogens is 402 g/mol. The Bertz CT molecular complexity index is 1050. The number of furan rings is 1. The summed E-state index contributed by atoms with van der Waals surface area (Å²) >= 11 is 1.50. The van der Waals surface area contributed by atoms with Gasteiger partial charge in [0.2, 0.25) is 0 Å². The number of ether oxygens (including phenoxy) is 1. The van der Waals surface area contributed by atoms with Crippen molar-refractivity contribution in [2.75, 3.05) is 6.61 Å². The van der Waals surface area contributed by atoms with Crippen LogP contribution in [0, 0.1) is 0 Å². The van der Waals surface area contributed by atoms with Crippen LogP contribution in [-0.4, -0.2) is 28.3 Å². The zero-order valence-electron chi connectivity index (χ0n) is 16.4. The van der Waals surface area contributed by atoms with Crippen LogP contribution in [0.15, 0.2) is 70.2 Å². The summed E-state index contributed by atoms with van der Waals surface area (Å²) in [5, 5.41) is 12.9. The van der Waals surface area contributed by atoms with E-state index >= 15 is 0 Å².